The minimum atomic E-state index is -3.94. The van der Waals surface area contributed by atoms with E-state index >= 15 is 0 Å². The third-order valence-electron chi connectivity index (χ3n) is 3.09. The van der Waals surface area contributed by atoms with E-state index in [1.165, 1.54) is 0 Å². The molecule has 1 N–H and O–H groups in total. The molecule has 0 bridgehead atoms. The monoisotopic (exact) mass is 311 g/mol. The normalized spacial score (nSPS) is 13.1. The Hall–Kier alpha value is -1.79. The lowest BCUT2D eigenvalue weighted by molar-refractivity contribution is 0.558. The topological polar surface area (TPSA) is 46.2 Å². The van der Waals surface area contributed by atoms with Gasteiger partial charge in [0.2, 0.25) is 10.0 Å². The minimum Gasteiger partial charge on any atom is -0.211 e. The van der Waals surface area contributed by atoms with Gasteiger partial charge in [-0.2, -0.15) is 0 Å². The van der Waals surface area contributed by atoms with Gasteiger partial charge in [0, 0.05) is 12.6 Å². The molecular formula is C15H15F2NO2S. The van der Waals surface area contributed by atoms with E-state index in [4.69, 9.17) is 0 Å². The molecule has 0 radical (unpaired) electrons. The fraction of sp³-hybridized carbons (Fsp3) is 0.200. The predicted molar refractivity (Wildman–Crippen MR) is 76.4 cm³/mol. The molecule has 0 aromatic heterocycles. The highest BCUT2D eigenvalue weighted by molar-refractivity contribution is 7.89. The third kappa shape index (κ3) is 4.09. The molecule has 6 heteroatoms. The number of halogens is 2. The summed E-state index contributed by atoms with van der Waals surface area (Å²) >= 11 is 0. The van der Waals surface area contributed by atoms with Gasteiger partial charge in [-0.3, -0.25) is 0 Å². The first-order valence-corrected chi connectivity index (χ1v) is 7.87. The first kappa shape index (κ1) is 15.6. The Bertz CT molecular complexity index is 697. The van der Waals surface area contributed by atoms with Crippen molar-refractivity contribution in [3.8, 4) is 0 Å². The molecule has 2 aromatic carbocycles. The van der Waals surface area contributed by atoms with E-state index in [1.807, 2.05) is 37.3 Å². The number of hydrogen-bond acceptors (Lipinski definition) is 2. The van der Waals surface area contributed by atoms with Crippen molar-refractivity contribution < 1.29 is 17.2 Å². The van der Waals surface area contributed by atoms with Gasteiger partial charge in [-0.25, -0.2) is 21.9 Å². The van der Waals surface area contributed by atoms with Crippen molar-refractivity contribution >= 4 is 10.0 Å². The summed E-state index contributed by atoms with van der Waals surface area (Å²) in [6.45, 7) is 2.01. The van der Waals surface area contributed by atoms with Gasteiger partial charge in [-0.15, -0.1) is 0 Å². The third-order valence-corrected chi connectivity index (χ3v) is 4.50. The summed E-state index contributed by atoms with van der Waals surface area (Å²) in [7, 11) is -3.94. The van der Waals surface area contributed by atoms with Crippen LogP contribution in [0.15, 0.2) is 53.4 Å². The molecule has 0 unspecified atom stereocenters. The molecule has 112 valence electrons. The highest BCUT2D eigenvalue weighted by Gasteiger charge is 2.17. The summed E-state index contributed by atoms with van der Waals surface area (Å²) in [5.41, 5.74) is 0.977. The highest BCUT2D eigenvalue weighted by atomic mass is 32.2. The summed E-state index contributed by atoms with van der Waals surface area (Å²) in [5.74, 6) is -1.91. The summed E-state index contributed by atoms with van der Waals surface area (Å²) in [6.07, 6.45) is 0. The van der Waals surface area contributed by atoms with E-state index < -0.39 is 26.6 Å². The Balaban J connectivity index is 2.11. The lowest BCUT2D eigenvalue weighted by atomic mass is 10.0. The smallest absolute Gasteiger partial charge is 0.211 e. The SMILES string of the molecule is C[C@H](CNS(=O)(=O)c1cc(F)cc(F)c1)c1ccccc1. The van der Waals surface area contributed by atoms with Gasteiger partial charge in [-0.05, 0) is 23.6 Å². The Kier molecular flexibility index (Phi) is 4.69. The second-order valence-corrected chi connectivity index (χ2v) is 6.54. The van der Waals surface area contributed by atoms with Crippen LogP contribution in [-0.4, -0.2) is 15.0 Å². The molecule has 0 saturated carbocycles. The van der Waals surface area contributed by atoms with Crippen LogP contribution in [0, 0.1) is 11.6 Å². The first-order chi connectivity index (χ1) is 9.88. The van der Waals surface area contributed by atoms with Crippen molar-refractivity contribution in [3.63, 3.8) is 0 Å². The molecule has 0 amide bonds. The lowest BCUT2D eigenvalue weighted by Gasteiger charge is -2.13. The molecule has 0 aliphatic rings. The fourth-order valence-electron chi connectivity index (χ4n) is 1.90. The quantitative estimate of drug-likeness (QED) is 0.922. The zero-order valence-electron chi connectivity index (χ0n) is 11.4. The van der Waals surface area contributed by atoms with E-state index in [0.29, 0.717) is 6.07 Å². The van der Waals surface area contributed by atoms with E-state index in [0.717, 1.165) is 17.7 Å². The van der Waals surface area contributed by atoms with E-state index in [9.17, 15) is 17.2 Å². The summed E-state index contributed by atoms with van der Waals surface area (Å²) < 4.78 is 52.6. The first-order valence-electron chi connectivity index (χ1n) is 6.39. The van der Waals surface area contributed by atoms with Gasteiger partial charge < -0.3 is 0 Å². The van der Waals surface area contributed by atoms with Gasteiger partial charge >= 0.3 is 0 Å². The second kappa shape index (κ2) is 6.32. The molecule has 21 heavy (non-hydrogen) atoms. The van der Waals surface area contributed by atoms with E-state index in [2.05, 4.69) is 4.72 Å². The summed E-state index contributed by atoms with van der Waals surface area (Å²) in [6, 6.07) is 11.6. The van der Waals surface area contributed by atoms with Crippen LogP contribution in [-0.2, 0) is 10.0 Å². The molecule has 3 nitrogen and oxygen atoms in total. The van der Waals surface area contributed by atoms with Crippen molar-refractivity contribution in [2.75, 3.05) is 6.54 Å². The Morgan fingerprint density at radius 1 is 1.05 bits per heavy atom. The maximum atomic E-state index is 13.1. The Morgan fingerprint density at radius 3 is 2.19 bits per heavy atom. The average molecular weight is 311 g/mol. The van der Waals surface area contributed by atoms with Gasteiger partial charge in [0.25, 0.3) is 0 Å². The lowest BCUT2D eigenvalue weighted by Crippen LogP contribution is -2.28. The number of sulfonamides is 1. The number of nitrogens with one attached hydrogen (secondary N) is 1. The molecule has 0 aliphatic carbocycles. The van der Waals surface area contributed by atoms with Crippen LogP contribution >= 0.6 is 0 Å². The average Bonchev–Trinajstić information content (AvgIpc) is 2.45. The molecule has 0 heterocycles. The van der Waals surface area contributed by atoms with Crippen molar-refractivity contribution in [3.05, 3.63) is 65.7 Å². The number of benzene rings is 2. The summed E-state index contributed by atoms with van der Waals surface area (Å²) in [5, 5.41) is 0. The van der Waals surface area contributed by atoms with Crippen LogP contribution in [0.2, 0.25) is 0 Å². The molecule has 1 atom stereocenters. The van der Waals surface area contributed by atoms with Crippen LogP contribution < -0.4 is 4.72 Å². The Labute approximate surface area is 122 Å². The molecule has 0 aliphatic heterocycles. The zero-order chi connectivity index (χ0) is 15.5. The van der Waals surface area contributed by atoms with Crippen LogP contribution in [0.25, 0.3) is 0 Å². The number of hydrogen-bond donors (Lipinski definition) is 1. The predicted octanol–water partition coefficient (Wildman–Crippen LogP) is 3.05. The summed E-state index contributed by atoms with van der Waals surface area (Å²) in [4.78, 5) is -0.416. The van der Waals surface area contributed by atoms with Gasteiger partial charge in [0.15, 0.2) is 0 Å². The van der Waals surface area contributed by atoms with Gasteiger partial charge in [0.1, 0.15) is 11.6 Å². The molecule has 0 spiro atoms. The van der Waals surface area contributed by atoms with Crippen LogP contribution in [0.5, 0.6) is 0 Å². The number of rotatable bonds is 5. The largest absolute Gasteiger partial charge is 0.240 e. The minimum absolute atomic E-state index is 0.0561. The maximum Gasteiger partial charge on any atom is 0.240 e. The van der Waals surface area contributed by atoms with E-state index in [1.54, 1.807) is 0 Å². The van der Waals surface area contributed by atoms with Gasteiger partial charge in [-0.1, -0.05) is 37.3 Å². The fourth-order valence-corrected chi connectivity index (χ4v) is 3.07. The highest BCUT2D eigenvalue weighted by Crippen LogP contribution is 2.16. The van der Waals surface area contributed by atoms with Crippen molar-refractivity contribution in [2.24, 2.45) is 0 Å². The van der Waals surface area contributed by atoms with E-state index in [-0.39, 0.29) is 12.5 Å². The molecule has 2 aromatic rings. The molecule has 0 saturated heterocycles. The van der Waals surface area contributed by atoms with Crippen molar-refractivity contribution in [1.29, 1.82) is 0 Å². The van der Waals surface area contributed by atoms with Gasteiger partial charge in [0.05, 0.1) is 4.90 Å². The van der Waals surface area contributed by atoms with Crippen LogP contribution in [0.1, 0.15) is 18.4 Å². The Morgan fingerprint density at radius 2 is 1.62 bits per heavy atom. The van der Waals surface area contributed by atoms with Crippen molar-refractivity contribution in [2.45, 2.75) is 17.7 Å². The second-order valence-electron chi connectivity index (χ2n) is 4.77. The zero-order valence-corrected chi connectivity index (χ0v) is 12.2. The molecular weight excluding hydrogens is 296 g/mol. The molecule has 2 rings (SSSR count). The maximum absolute atomic E-state index is 13.1. The standard InChI is InChI=1S/C15H15F2NO2S/c1-11(12-5-3-2-4-6-12)10-18-21(19,20)15-8-13(16)7-14(17)9-15/h2-9,11,18H,10H2,1H3/t11-/m1/s1. The molecule has 0 fully saturated rings. The van der Waals surface area contributed by atoms with Crippen LogP contribution in [0.4, 0.5) is 8.78 Å². The van der Waals surface area contributed by atoms with Crippen molar-refractivity contribution in [1.82, 2.24) is 4.72 Å². The van der Waals surface area contributed by atoms with Crippen LogP contribution in [0.3, 0.4) is 0 Å².